The van der Waals surface area contributed by atoms with E-state index in [1.165, 1.54) is 6.07 Å². The number of rotatable bonds is 5. The molecule has 0 bridgehead atoms. The van der Waals surface area contributed by atoms with Crippen molar-refractivity contribution in [3.63, 3.8) is 0 Å². The molecule has 3 nitrogen and oxygen atoms in total. The lowest BCUT2D eigenvalue weighted by atomic mass is 10.1. The highest BCUT2D eigenvalue weighted by Gasteiger charge is 2.19. The van der Waals surface area contributed by atoms with Gasteiger partial charge in [0, 0.05) is 17.1 Å². The van der Waals surface area contributed by atoms with E-state index >= 15 is 0 Å². The molecule has 0 spiro atoms. The van der Waals surface area contributed by atoms with E-state index in [0.29, 0.717) is 25.2 Å². The Balaban J connectivity index is 3.06. The fourth-order valence-electron chi connectivity index (χ4n) is 1.63. The molecule has 1 aromatic rings. The third-order valence-electron chi connectivity index (χ3n) is 2.36. The minimum Gasteiger partial charge on any atom is -0.492 e. The zero-order valence-electron chi connectivity index (χ0n) is 10.4. The topological polar surface area (TPSA) is 43.4 Å². The van der Waals surface area contributed by atoms with Crippen LogP contribution in [0.25, 0.3) is 0 Å². The molecule has 98 valence electrons. The van der Waals surface area contributed by atoms with E-state index in [4.69, 9.17) is 21.8 Å². The summed E-state index contributed by atoms with van der Waals surface area (Å²) < 4.78 is 28.5. The Hall–Kier alpha value is -1.18. The maximum absolute atomic E-state index is 11.5. The fraction of sp³-hybridized carbons (Fsp3) is 0.385. The maximum Gasteiger partial charge on any atom is 0.265 e. The van der Waals surface area contributed by atoms with E-state index in [1.807, 2.05) is 6.07 Å². The molecule has 0 fully saturated rings. The van der Waals surface area contributed by atoms with Gasteiger partial charge < -0.3 is 4.74 Å². The van der Waals surface area contributed by atoms with Crippen molar-refractivity contribution < 1.29 is 13.2 Å². The van der Waals surface area contributed by atoms with Crippen molar-refractivity contribution in [2.45, 2.75) is 31.6 Å². The Labute approximate surface area is 113 Å². The van der Waals surface area contributed by atoms with Crippen LogP contribution in [-0.4, -0.2) is 15.0 Å². The monoisotopic (exact) mass is 286 g/mol. The first-order chi connectivity index (χ1) is 8.36. The molecule has 0 aliphatic heterocycles. The Morgan fingerprint density at radius 2 is 2.06 bits per heavy atom. The van der Waals surface area contributed by atoms with Gasteiger partial charge in [-0.1, -0.05) is 6.07 Å². The summed E-state index contributed by atoms with van der Waals surface area (Å²) in [6.07, 6.45) is 6.40. The van der Waals surface area contributed by atoms with Crippen molar-refractivity contribution in [2.75, 3.05) is 6.61 Å². The van der Waals surface area contributed by atoms with E-state index in [2.05, 4.69) is 5.92 Å². The molecule has 0 atom stereocenters. The van der Waals surface area contributed by atoms with Crippen LogP contribution in [0.4, 0.5) is 0 Å². The number of unbranched alkanes of at least 4 members (excludes halogenated alkanes) is 1. The van der Waals surface area contributed by atoms with Gasteiger partial charge in [0.05, 0.1) is 6.61 Å². The summed E-state index contributed by atoms with van der Waals surface area (Å²) in [5.41, 5.74) is 1.57. The predicted octanol–water partition coefficient (Wildman–Crippen LogP) is 3.02. The molecular formula is C13H15ClO3S. The van der Waals surface area contributed by atoms with Crippen LogP contribution in [0, 0.1) is 26.2 Å². The highest BCUT2D eigenvalue weighted by molar-refractivity contribution is 8.13. The zero-order chi connectivity index (χ0) is 13.8. The first-order valence-electron chi connectivity index (χ1n) is 5.48. The Bertz CT molecular complexity index is 571. The second-order valence-electron chi connectivity index (χ2n) is 4.00. The molecule has 0 unspecified atom stereocenters. The van der Waals surface area contributed by atoms with Crippen molar-refractivity contribution in [1.82, 2.24) is 0 Å². The van der Waals surface area contributed by atoms with Crippen molar-refractivity contribution in [2.24, 2.45) is 0 Å². The van der Waals surface area contributed by atoms with Gasteiger partial charge in [0.1, 0.15) is 10.6 Å². The predicted molar refractivity (Wildman–Crippen MR) is 72.5 cm³/mol. The van der Waals surface area contributed by atoms with Gasteiger partial charge in [-0.25, -0.2) is 8.42 Å². The van der Waals surface area contributed by atoms with E-state index in [9.17, 15) is 8.42 Å². The molecule has 0 aliphatic carbocycles. The third-order valence-corrected chi connectivity index (χ3v) is 3.69. The van der Waals surface area contributed by atoms with Crippen molar-refractivity contribution in [3.05, 3.63) is 23.3 Å². The van der Waals surface area contributed by atoms with Crippen LogP contribution < -0.4 is 4.74 Å². The van der Waals surface area contributed by atoms with Gasteiger partial charge in [0.2, 0.25) is 0 Å². The molecule has 1 rings (SSSR count). The van der Waals surface area contributed by atoms with Crippen LogP contribution >= 0.6 is 10.7 Å². The minimum absolute atomic E-state index is 0.0161. The average Bonchev–Trinajstić information content (AvgIpc) is 2.24. The summed E-state index contributed by atoms with van der Waals surface area (Å²) in [6, 6.07) is 3.36. The highest BCUT2D eigenvalue weighted by atomic mass is 35.7. The molecule has 0 radical (unpaired) electrons. The first kappa shape index (κ1) is 14.9. The lowest BCUT2D eigenvalue weighted by Crippen LogP contribution is -2.04. The molecule has 0 aliphatic rings. The molecule has 5 heteroatoms. The van der Waals surface area contributed by atoms with Gasteiger partial charge in [0.15, 0.2) is 0 Å². The fourth-order valence-corrected chi connectivity index (χ4v) is 2.74. The molecule has 0 saturated heterocycles. The molecule has 0 aromatic heterocycles. The standard InChI is InChI=1S/C13H15ClO3S/c1-4-5-6-7-17-13-11(3)8-10(2)9-12(13)18(14,15)16/h1,8-9H,5-7H2,2-3H3. The van der Waals surface area contributed by atoms with Gasteiger partial charge >= 0.3 is 0 Å². The molecule has 0 saturated carbocycles. The first-order valence-corrected chi connectivity index (χ1v) is 7.79. The largest absolute Gasteiger partial charge is 0.492 e. The number of benzene rings is 1. The second kappa shape index (κ2) is 6.12. The van der Waals surface area contributed by atoms with Crippen LogP contribution in [0.1, 0.15) is 24.0 Å². The molecule has 0 heterocycles. The summed E-state index contributed by atoms with van der Waals surface area (Å²) in [7, 11) is 1.59. The van der Waals surface area contributed by atoms with Crippen LogP contribution in [-0.2, 0) is 9.05 Å². The smallest absolute Gasteiger partial charge is 0.265 e. The van der Waals surface area contributed by atoms with E-state index < -0.39 is 9.05 Å². The molecule has 0 N–H and O–H groups in total. The van der Waals surface area contributed by atoms with Gasteiger partial charge in [0.25, 0.3) is 9.05 Å². The van der Waals surface area contributed by atoms with Crippen molar-refractivity contribution in [1.29, 1.82) is 0 Å². The Kier molecular flexibility index (Phi) is 5.06. The zero-order valence-corrected chi connectivity index (χ0v) is 11.9. The van der Waals surface area contributed by atoms with E-state index in [0.717, 1.165) is 11.1 Å². The Morgan fingerprint density at radius 1 is 1.39 bits per heavy atom. The van der Waals surface area contributed by atoms with Gasteiger partial charge in [-0.15, -0.1) is 12.3 Å². The van der Waals surface area contributed by atoms with Gasteiger partial charge in [-0.05, 0) is 37.5 Å². The molecule has 18 heavy (non-hydrogen) atoms. The SMILES string of the molecule is C#CCCCOc1c(C)cc(C)cc1S(=O)(=O)Cl. The third kappa shape index (κ3) is 3.94. The average molecular weight is 287 g/mol. The van der Waals surface area contributed by atoms with Crippen molar-refractivity contribution >= 4 is 19.7 Å². The summed E-state index contributed by atoms with van der Waals surface area (Å²) in [5, 5.41) is 0. The van der Waals surface area contributed by atoms with Gasteiger partial charge in [-0.2, -0.15) is 0 Å². The summed E-state index contributed by atoms with van der Waals surface area (Å²) >= 11 is 0. The van der Waals surface area contributed by atoms with Crippen LogP contribution in [0.15, 0.2) is 17.0 Å². The quantitative estimate of drug-likeness (QED) is 0.475. The molecular weight excluding hydrogens is 272 g/mol. The summed E-state index contributed by atoms with van der Waals surface area (Å²) in [5.74, 6) is 2.81. The molecule has 1 aromatic carbocycles. The number of hydrogen-bond donors (Lipinski definition) is 0. The number of ether oxygens (including phenoxy) is 1. The lowest BCUT2D eigenvalue weighted by Gasteiger charge is -2.13. The van der Waals surface area contributed by atoms with E-state index in [-0.39, 0.29) is 4.90 Å². The summed E-state index contributed by atoms with van der Waals surface area (Å²) in [4.78, 5) is 0.0161. The maximum atomic E-state index is 11.5. The van der Waals surface area contributed by atoms with Crippen LogP contribution in [0.5, 0.6) is 5.75 Å². The van der Waals surface area contributed by atoms with Crippen molar-refractivity contribution in [3.8, 4) is 18.1 Å². The van der Waals surface area contributed by atoms with Crippen LogP contribution in [0.3, 0.4) is 0 Å². The Morgan fingerprint density at radius 3 is 2.61 bits per heavy atom. The van der Waals surface area contributed by atoms with E-state index in [1.54, 1.807) is 13.8 Å². The molecule has 0 amide bonds. The number of terminal acetylenes is 1. The number of hydrogen-bond acceptors (Lipinski definition) is 3. The van der Waals surface area contributed by atoms with Gasteiger partial charge in [-0.3, -0.25) is 0 Å². The number of halogens is 1. The van der Waals surface area contributed by atoms with Crippen LogP contribution in [0.2, 0.25) is 0 Å². The lowest BCUT2D eigenvalue weighted by molar-refractivity contribution is 0.303. The summed E-state index contributed by atoms with van der Waals surface area (Å²) in [6.45, 7) is 3.96. The number of aryl methyl sites for hydroxylation is 2. The highest BCUT2D eigenvalue weighted by Crippen LogP contribution is 2.31. The second-order valence-corrected chi connectivity index (χ2v) is 6.54. The minimum atomic E-state index is -3.81. The normalized spacial score (nSPS) is 11.0.